The normalized spacial score (nSPS) is 23.5. The third kappa shape index (κ3) is 15.6. The van der Waals surface area contributed by atoms with E-state index in [9.17, 15) is 0 Å². The molecule has 0 amide bonds. The number of fused-ring (bicyclic) bond motifs is 3. The highest BCUT2D eigenvalue weighted by Crippen LogP contribution is 2.62. The predicted molar refractivity (Wildman–Crippen MR) is 170 cm³/mol. The summed E-state index contributed by atoms with van der Waals surface area (Å²) in [5.74, 6) is 1.53. The fourth-order valence-corrected chi connectivity index (χ4v) is 6.30. The van der Waals surface area contributed by atoms with Crippen molar-refractivity contribution in [1.29, 1.82) is 0 Å². The van der Waals surface area contributed by atoms with Gasteiger partial charge in [0.1, 0.15) is 0 Å². The standard InChI is InChI=1S/C24H44.C3H8.4C2H6/c1-8-10-23-11-14-24(15-12-23,16-13-23)21(5)20(4)18-22(6,7)17-19(3)9-2;1-3-2;4*1-2/h19-20H,5,8-18H2,1-4,6-7H3;3H2,1-2H3;4*1-2H3. The lowest BCUT2D eigenvalue weighted by Crippen LogP contribution is -2.43. The van der Waals surface area contributed by atoms with Gasteiger partial charge in [0.05, 0.1) is 0 Å². The Morgan fingerprint density at radius 2 is 1.09 bits per heavy atom. The van der Waals surface area contributed by atoms with Gasteiger partial charge in [-0.1, -0.05) is 142 Å². The van der Waals surface area contributed by atoms with Crippen LogP contribution in [0.25, 0.3) is 0 Å². The van der Waals surface area contributed by atoms with Crippen molar-refractivity contribution < 1.29 is 0 Å². The van der Waals surface area contributed by atoms with Crippen molar-refractivity contribution in [2.45, 2.75) is 188 Å². The van der Waals surface area contributed by atoms with Gasteiger partial charge >= 0.3 is 0 Å². The number of allylic oxidation sites excluding steroid dienone is 1. The maximum Gasteiger partial charge on any atom is -0.00875 e. The van der Waals surface area contributed by atoms with E-state index < -0.39 is 0 Å². The average molecular weight is 497 g/mol. The summed E-state index contributed by atoms with van der Waals surface area (Å²) >= 11 is 0. The second kappa shape index (κ2) is 24.1. The van der Waals surface area contributed by atoms with Gasteiger partial charge in [-0.05, 0) is 85.9 Å². The van der Waals surface area contributed by atoms with Crippen molar-refractivity contribution in [3.05, 3.63) is 12.2 Å². The van der Waals surface area contributed by atoms with Crippen molar-refractivity contribution in [1.82, 2.24) is 0 Å². The molecule has 0 N–H and O–H groups in total. The first-order valence-electron chi connectivity index (χ1n) is 16.3. The summed E-state index contributed by atoms with van der Waals surface area (Å²) in [4.78, 5) is 0. The largest absolute Gasteiger partial charge is 0.0990 e. The number of hydrogen-bond donors (Lipinski definition) is 0. The highest BCUT2D eigenvalue weighted by atomic mass is 14.5. The molecule has 0 aromatic heterocycles. The zero-order valence-electron chi connectivity index (χ0n) is 28.3. The molecule has 0 saturated heterocycles. The van der Waals surface area contributed by atoms with E-state index in [4.69, 9.17) is 6.58 Å². The van der Waals surface area contributed by atoms with Crippen molar-refractivity contribution in [3.63, 3.8) is 0 Å². The smallest absolute Gasteiger partial charge is 0.00875 e. The van der Waals surface area contributed by atoms with E-state index in [0.29, 0.717) is 16.7 Å². The van der Waals surface area contributed by atoms with Crippen LogP contribution in [0.1, 0.15) is 188 Å². The van der Waals surface area contributed by atoms with Crippen LogP contribution in [0.5, 0.6) is 0 Å². The van der Waals surface area contributed by atoms with Gasteiger partial charge in [0.15, 0.2) is 0 Å². The van der Waals surface area contributed by atoms with Crippen LogP contribution < -0.4 is 0 Å². The summed E-state index contributed by atoms with van der Waals surface area (Å²) in [6, 6.07) is 0. The molecule has 2 bridgehead atoms. The molecule has 2 atom stereocenters. The van der Waals surface area contributed by atoms with E-state index in [1.165, 1.54) is 77.0 Å². The van der Waals surface area contributed by atoms with E-state index in [2.05, 4.69) is 55.4 Å². The van der Waals surface area contributed by atoms with E-state index >= 15 is 0 Å². The lowest BCUT2D eigenvalue weighted by atomic mass is 9.49. The Kier molecular flexibility index (Phi) is 28.8. The maximum atomic E-state index is 4.70. The monoisotopic (exact) mass is 497 g/mol. The van der Waals surface area contributed by atoms with Gasteiger partial charge in [-0.3, -0.25) is 0 Å². The Balaban J connectivity index is -0.000000381. The molecule has 3 aliphatic rings. The van der Waals surface area contributed by atoms with Crippen LogP contribution >= 0.6 is 0 Å². The molecule has 216 valence electrons. The second-order valence-corrected chi connectivity index (χ2v) is 11.2. The summed E-state index contributed by atoms with van der Waals surface area (Å²) in [6.07, 6.45) is 16.8. The van der Waals surface area contributed by atoms with Crippen molar-refractivity contribution in [3.8, 4) is 0 Å². The average Bonchev–Trinajstić information content (AvgIpc) is 2.89. The Labute approximate surface area is 227 Å². The minimum Gasteiger partial charge on any atom is -0.0990 e. The number of rotatable bonds is 9. The minimum absolute atomic E-state index is 0.448. The lowest BCUT2D eigenvalue weighted by molar-refractivity contribution is 0.00126. The molecule has 35 heavy (non-hydrogen) atoms. The van der Waals surface area contributed by atoms with Gasteiger partial charge in [0.2, 0.25) is 0 Å². The molecule has 0 heteroatoms. The van der Waals surface area contributed by atoms with Gasteiger partial charge in [0.25, 0.3) is 0 Å². The molecule has 3 saturated carbocycles. The quantitative estimate of drug-likeness (QED) is 0.278. The molecule has 0 radical (unpaired) electrons. The summed E-state index contributed by atoms with van der Waals surface area (Å²) in [6.45, 7) is 39.5. The van der Waals surface area contributed by atoms with Crippen LogP contribution in [-0.4, -0.2) is 0 Å². The third-order valence-corrected chi connectivity index (χ3v) is 7.91. The topological polar surface area (TPSA) is 0 Å². The predicted octanol–water partition coefficient (Wildman–Crippen LogP) is 13.7. The van der Waals surface area contributed by atoms with Crippen molar-refractivity contribution in [2.24, 2.45) is 28.1 Å². The molecule has 0 aromatic rings. The molecule has 3 aliphatic carbocycles. The first-order valence-corrected chi connectivity index (χ1v) is 16.3. The van der Waals surface area contributed by atoms with E-state index in [1.807, 2.05) is 55.4 Å². The fourth-order valence-electron chi connectivity index (χ4n) is 6.30. The van der Waals surface area contributed by atoms with Gasteiger partial charge in [-0.2, -0.15) is 0 Å². The lowest BCUT2D eigenvalue weighted by Gasteiger charge is -2.56. The molecule has 3 rings (SSSR count). The second-order valence-electron chi connectivity index (χ2n) is 11.2. The Morgan fingerprint density at radius 3 is 1.40 bits per heavy atom. The summed E-state index contributed by atoms with van der Waals surface area (Å²) in [5.41, 5.74) is 3.28. The molecular weight excluding hydrogens is 420 g/mol. The molecule has 0 spiro atoms. The zero-order chi connectivity index (χ0) is 28.7. The first-order chi connectivity index (χ1) is 16.6. The van der Waals surface area contributed by atoms with Crippen LogP contribution in [0.3, 0.4) is 0 Å². The Hall–Kier alpha value is -0.260. The van der Waals surface area contributed by atoms with Crippen LogP contribution in [0.2, 0.25) is 0 Å². The van der Waals surface area contributed by atoms with Gasteiger partial charge in [0, 0.05) is 0 Å². The van der Waals surface area contributed by atoms with Crippen molar-refractivity contribution >= 4 is 0 Å². The maximum absolute atomic E-state index is 4.70. The van der Waals surface area contributed by atoms with Crippen LogP contribution in [-0.2, 0) is 0 Å². The van der Waals surface area contributed by atoms with Gasteiger partial charge in [-0.25, -0.2) is 0 Å². The summed E-state index contributed by atoms with van der Waals surface area (Å²) < 4.78 is 0. The molecule has 2 unspecified atom stereocenters. The molecular formula is C35H76. The van der Waals surface area contributed by atoms with Gasteiger partial charge in [-0.15, -0.1) is 0 Å². The molecule has 3 fully saturated rings. The zero-order valence-corrected chi connectivity index (χ0v) is 28.3. The van der Waals surface area contributed by atoms with Gasteiger partial charge < -0.3 is 0 Å². The fraction of sp³-hybridized carbons (Fsp3) is 0.943. The Morgan fingerprint density at radius 1 is 0.714 bits per heavy atom. The Bertz CT molecular complexity index is 416. The molecule has 0 heterocycles. The molecule has 0 aliphatic heterocycles. The SMILES string of the molecule is C=C(C(C)CC(C)(C)CC(C)CC)C12CCC(CCC)(CC1)CC2.CC.CC.CC.CC.CCC. The van der Waals surface area contributed by atoms with Crippen LogP contribution in [0, 0.1) is 28.1 Å². The summed E-state index contributed by atoms with van der Waals surface area (Å²) in [5, 5.41) is 0. The minimum atomic E-state index is 0.448. The van der Waals surface area contributed by atoms with Crippen LogP contribution in [0.15, 0.2) is 12.2 Å². The first kappa shape index (κ1) is 41.9. The van der Waals surface area contributed by atoms with Crippen LogP contribution in [0.4, 0.5) is 0 Å². The van der Waals surface area contributed by atoms with E-state index in [-0.39, 0.29) is 0 Å². The number of hydrogen-bond acceptors (Lipinski definition) is 0. The highest BCUT2D eigenvalue weighted by Gasteiger charge is 2.49. The van der Waals surface area contributed by atoms with E-state index in [1.54, 1.807) is 5.57 Å². The molecule has 0 nitrogen and oxygen atoms in total. The van der Waals surface area contributed by atoms with Crippen molar-refractivity contribution in [2.75, 3.05) is 0 Å². The molecule has 0 aromatic carbocycles. The highest BCUT2D eigenvalue weighted by molar-refractivity contribution is 5.19. The third-order valence-electron chi connectivity index (χ3n) is 7.91. The summed E-state index contributed by atoms with van der Waals surface area (Å²) in [7, 11) is 0. The van der Waals surface area contributed by atoms with E-state index in [0.717, 1.165) is 11.3 Å².